The molecule has 3 aliphatic rings. The Morgan fingerprint density at radius 3 is 2.48 bits per heavy atom. The van der Waals surface area contributed by atoms with Crippen molar-refractivity contribution in [3.63, 3.8) is 0 Å². The van der Waals surface area contributed by atoms with Gasteiger partial charge < -0.3 is 10.2 Å². The van der Waals surface area contributed by atoms with E-state index in [9.17, 15) is 9.59 Å². The highest BCUT2D eigenvalue weighted by molar-refractivity contribution is 5.90. The summed E-state index contributed by atoms with van der Waals surface area (Å²) in [5.74, 6) is -0.269. The van der Waals surface area contributed by atoms with Gasteiger partial charge in [-0.15, -0.1) is 0 Å². The van der Waals surface area contributed by atoms with Crippen LogP contribution in [-0.2, 0) is 9.59 Å². The van der Waals surface area contributed by atoms with Crippen LogP contribution in [0.5, 0.6) is 0 Å². The lowest BCUT2D eigenvalue weighted by atomic mass is 10.1. The van der Waals surface area contributed by atoms with Gasteiger partial charge >= 0.3 is 0 Å². The summed E-state index contributed by atoms with van der Waals surface area (Å²) >= 11 is 0. The molecule has 1 saturated heterocycles. The number of nitrogens with one attached hydrogen (secondary N) is 1. The quantitative estimate of drug-likeness (QED) is 0.804. The second-order valence-electron chi connectivity index (χ2n) is 6.78. The third kappa shape index (κ3) is 3.04. The highest BCUT2D eigenvalue weighted by Gasteiger charge is 2.47. The van der Waals surface area contributed by atoms with Gasteiger partial charge in [-0.25, -0.2) is 0 Å². The van der Waals surface area contributed by atoms with Crippen molar-refractivity contribution in [3.8, 4) is 6.07 Å². The average molecular weight is 289 g/mol. The van der Waals surface area contributed by atoms with Gasteiger partial charge in [0.15, 0.2) is 0 Å². The van der Waals surface area contributed by atoms with E-state index in [4.69, 9.17) is 5.26 Å². The summed E-state index contributed by atoms with van der Waals surface area (Å²) < 4.78 is 0. The first kappa shape index (κ1) is 14.4. The topological polar surface area (TPSA) is 73.2 Å². The Morgan fingerprint density at radius 2 is 1.90 bits per heavy atom. The summed E-state index contributed by atoms with van der Waals surface area (Å²) in [4.78, 5) is 26.4. The van der Waals surface area contributed by atoms with Crippen molar-refractivity contribution in [2.45, 2.75) is 69.4 Å². The Hall–Kier alpha value is -1.57. The van der Waals surface area contributed by atoms with E-state index in [1.54, 1.807) is 0 Å². The molecule has 1 atom stereocenters. The lowest BCUT2D eigenvalue weighted by Crippen LogP contribution is -2.41. The average Bonchev–Trinajstić information content (AvgIpc) is 3.21. The summed E-state index contributed by atoms with van der Waals surface area (Å²) in [6.45, 7) is 0.539. The van der Waals surface area contributed by atoms with Gasteiger partial charge in [-0.2, -0.15) is 5.26 Å². The number of carbonyl (C=O) groups excluding carboxylic acids is 2. The van der Waals surface area contributed by atoms with Gasteiger partial charge in [0.2, 0.25) is 11.8 Å². The molecule has 1 aliphatic heterocycles. The predicted octanol–water partition coefficient (Wildman–Crippen LogP) is 1.73. The zero-order valence-corrected chi connectivity index (χ0v) is 12.4. The predicted molar refractivity (Wildman–Crippen MR) is 77.0 cm³/mol. The second kappa shape index (κ2) is 5.67. The van der Waals surface area contributed by atoms with E-state index in [0.717, 1.165) is 25.7 Å². The Morgan fingerprint density at radius 1 is 1.24 bits per heavy atom. The first-order valence-electron chi connectivity index (χ1n) is 8.16. The number of nitrogens with zero attached hydrogens (tertiary/aromatic N) is 2. The van der Waals surface area contributed by atoms with Crippen LogP contribution in [0.4, 0.5) is 0 Å². The lowest BCUT2D eigenvalue weighted by molar-refractivity contribution is -0.130. The molecule has 114 valence electrons. The Balaban J connectivity index is 1.59. The summed E-state index contributed by atoms with van der Waals surface area (Å²) in [6, 6.07) is 2.49. The molecular weight excluding hydrogens is 266 g/mol. The zero-order chi connectivity index (χ0) is 14.9. The Bertz CT molecular complexity index is 470. The first-order valence-corrected chi connectivity index (χ1v) is 8.16. The number of hydrogen-bond donors (Lipinski definition) is 1. The number of carbonyl (C=O) groups is 2. The van der Waals surface area contributed by atoms with Crippen LogP contribution in [0.3, 0.4) is 0 Å². The van der Waals surface area contributed by atoms with E-state index in [1.807, 2.05) is 4.90 Å². The van der Waals surface area contributed by atoms with Gasteiger partial charge in [-0.05, 0) is 25.7 Å². The molecule has 2 aliphatic carbocycles. The van der Waals surface area contributed by atoms with Crippen molar-refractivity contribution in [1.82, 2.24) is 10.2 Å². The molecule has 1 heterocycles. The van der Waals surface area contributed by atoms with Crippen molar-refractivity contribution in [1.29, 1.82) is 5.26 Å². The van der Waals surface area contributed by atoms with Crippen molar-refractivity contribution < 1.29 is 9.59 Å². The minimum absolute atomic E-state index is 0.112. The summed E-state index contributed by atoms with van der Waals surface area (Å²) in [5, 5.41) is 11.9. The summed E-state index contributed by atoms with van der Waals surface area (Å²) in [6.07, 6.45) is 8.81. The normalized spacial score (nSPS) is 28.8. The largest absolute Gasteiger partial charge is 0.339 e. The summed E-state index contributed by atoms with van der Waals surface area (Å²) in [5.41, 5.74) is -0.629. The molecule has 0 aromatic carbocycles. The van der Waals surface area contributed by atoms with E-state index in [1.165, 1.54) is 25.7 Å². The maximum Gasteiger partial charge on any atom is 0.226 e. The highest BCUT2D eigenvalue weighted by Crippen LogP contribution is 2.35. The van der Waals surface area contributed by atoms with Crippen LogP contribution in [0, 0.1) is 17.2 Å². The first-order chi connectivity index (χ1) is 10.1. The van der Waals surface area contributed by atoms with E-state index in [2.05, 4.69) is 11.4 Å². The molecule has 5 nitrogen and oxygen atoms in total. The van der Waals surface area contributed by atoms with Gasteiger partial charge in [-0.3, -0.25) is 9.59 Å². The third-order valence-corrected chi connectivity index (χ3v) is 5.12. The molecule has 0 aromatic rings. The standard InChI is InChI=1S/C16H23N3O2/c17-11-16(7-8-16)18-15(21)12-9-14(20)19(10-12)13-5-3-1-2-4-6-13/h12-13H,1-10H2,(H,18,21). The van der Waals surface area contributed by atoms with E-state index in [-0.39, 0.29) is 17.7 Å². The van der Waals surface area contributed by atoms with Gasteiger partial charge in [-0.1, -0.05) is 25.7 Å². The molecule has 0 radical (unpaired) electrons. The minimum atomic E-state index is -0.629. The highest BCUT2D eigenvalue weighted by atomic mass is 16.2. The van der Waals surface area contributed by atoms with Gasteiger partial charge in [0.05, 0.1) is 12.0 Å². The molecule has 21 heavy (non-hydrogen) atoms. The Kier molecular flexibility index (Phi) is 3.88. The molecule has 0 bridgehead atoms. The van der Waals surface area contributed by atoms with Crippen LogP contribution in [0.2, 0.25) is 0 Å². The molecule has 3 rings (SSSR count). The van der Waals surface area contributed by atoms with Gasteiger partial charge in [0.25, 0.3) is 0 Å². The van der Waals surface area contributed by atoms with Gasteiger partial charge in [0.1, 0.15) is 5.54 Å². The third-order valence-electron chi connectivity index (χ3n) is 5.12. The van der Waals surface area contributed by atoms with E-state index >= 15 is 0 Å². The van der Waals surface area contributed by atoms with Crippen LogP contribution in [0.15, 0.2) is 0 Å². The van der Waals surface area contributed by atoms with Crippen LogP contribution >= 0.6 is 0 Å². The SMILES string of the molecule is N#CC1(NC(=O)C2CC(=O)N(C3CCCCCC3)C2)CC1. The molecule has 1 unspecified atom stereocenters. The number of rotatable bonds is 3. The molecular formula is C16H23N3O2. The van der Waals surface area contributed by atoms with Crippen LogP contribution in [0.1, 0.15) is 57.8 Å². The van der Waals surface area contributed by atoms with Crippen LogP contribution in [-0.4, -0.2) is 34.8 Å². The smallest absolute Gasteiger partial charge is 0.226 e. The van der Waals surface area contributed by atoms with Crippen molar-refractivity contribution in [3.05, 3.63) is 0 Å². The fourth-order valence-corrected chi connectivity index (χ4v) is 3.56. The van der Waals surface area contributed by atoms with E-state index in [0.29, 0.717) is 19.0 Å². The molecule has 2 amide bonds. The number of nitriles is 1. The van der Waals surface area contributed by atoms with Crippen molar-refractivity contribution >= 4 is 11.8 Å². The second-order valence-corrected chi connectivity index (χ2v) is 6.78. The molecule has 0 aromatic heterocycles. The zero-order valence-electron chi connectivity index (χ0n) is 12.4. The maximum atomic E-state index is 12.3. The monoisotopic (exact) mass is 289 g/mol. The fourth-order valence-electron chi connectivity index (χ4n) is 3.56. The van der Waals surface area contributed by atoms with Gasteiger partial charge in [0, 0.05) is 19.0 Å². The van der Waals surface area contributed by atoms with Crippen LogP contribution < -0.4 is 5.32 Å². The number of amides is 2. The minimum Gasteiger partial charge on any atom is -0.339 e. The molecule has 3 fully saturated rings. The molecule has 0 spiro atoms. The number of likely N-dealkylation sites (tertiary alicyclic amines) is 1. The molecule has 5 heteroatoms. The Labute approximate surface area is 125 Å². The van der Waals surface area contributed by atoms with Crippen molar-refractivity contribution in [2.75, 3.05) is 6.54 Å². The lowest BCUT2D eigenvalue weighted by Gasteiger charge is -2.27. The fraction of sp³-hybridized carbons (Fsp3) is 0.812. The molecule has 1 N–H and O–H groups in total. The molecule has 2 saturated carbocycles. The van der Waals surface area contributed by atoms with E-state index < -0.39 is 5.54 Å². The summed E-state index contributed by atoms with van der Waals surface area (Å²) in [7, 11) is 0. The number of hydrogen-bond acceptors (Lipinski definition) is 3. The van der Waals surface area contributed by atoms with Crippen LogP contribution in [0.25, 0.3) is 0 Å². The maximum absolute atomic E-state index is 12.3. The van der Waals surface area contributed by atoms with Crippen molar-refractivity contribution in [2.24, 2.45) is 5.92 Å².